The van der Waals surface area contributed by atoms with Gasteiger partial charge in [0, 0.05) is 12.1 Å². The number of amides is 1. The Kier molecular flexibility index (Phi) is 8.72. The van der Waals surface area contributed by atoms with E-state index < -0.39 is 5.97 Å². The average Bonchev–Trinajstić information content (AvgIpc) is 3.18. The molecule has 1 aliphatic heterocycles. The summed E-state index contributed by atoms with van der Waals surface area (Å²) in [6.07, 6.45) is 0. The first-order valence-corrected chi connectivity index (χ1v) is 11.5. The van der Waals surface area contributed by atoms with Crippen LogP contribution in [-0.4, -0.2) is 51.8 Å². The number of para-hydroxylation sites is 1. The predicted octanol–water partition coefficient (Wildman–Crippen LogP) is 3.50. The van der Waals surface area contributed by atoms with Crippen LogP contribution in [0.25, 0.3) is 11.1 Å². The summed E-state index contributed by atoms with van der Waals surface area (Å²) >= 11 is 0. The lowest BCUT2D eigenvalue weighted by Gasteiger charge is -2.13. The minimum absolute atomic E-state index is 0.0972. The smallest absolute Gasteiger partial charge is 0.335 e. The molecule has 0 saturated carbocycles. The molecule has 0 spiro atoms. The molecule has 1 heterocycles. The van der Waals surface area contributed by atoms with Crippen molar-refractivity contribution in [3.05, 3.63) is 77.4 Å². The van der Waals surface area contributed by atoms with E-state index in [9.17, 15) is 19.8 Å². The molecule has 0 fully saturated rings. The second kappa shape index (κ2) is 11.9. The third-order valence-electron chi connectivity index (χ3n) is 5.60. The van der Waals surface area contributed by atoms with Gasteiger partial charge in [0.1, 0.15) is 5.75 Å². The molecule has 0 saturated heterocycles. The Hall–Kier alpha value is -4.54. The fraction of sp³-hybridized carbons (Fsp3) is 0.185. The summed E-state index contributed by atoms with van der Waals surface area (Å²) in [5.41, 5.74) is 12.3. The van der Waals surface area contributed by atoms with Gasteiger partial charge in [-0.1, -0.05) is 30.3 Å². The molecule has 0 bridgehead atoms. The zero-order valence-electron chi connectivity index (χ0n) is 20.8. The number of hydrogen-bond acceptors (Lipinski definition) is 8. The highest BCUT2D eigenvalue weighted by molar-refractivity contribution is 6.71. The number of hydrogen-bond donors (Lipinski definition) is 5. The highest BCUT2D eigenvalue weighted by Crippen LogP contribution is 2.36. The number of anilines is 2. The first-order chi connectivity index (χ1) is 17.7. The third kappa shape index (κ3) is 6.18. The zero-order valence-corrected chi connectivity index (χ0v) is 20.8. The number of nitrogens with zero attached hydrogens (tertiary/aromatic N) is 3. The Morgan fingerprint density at radius 1 is 1.05 bits per heavy atom. The van der Waals surface area contributed by atoms with Gasteiger partial charge in [-0.2, -0.15) is 15.2 Å². The highest BCUT2D eigenvalue weighted by Gasteiger charge is 2.31. The van der Waals surface area contributed by atoms with Gasteiger partial charge in [0.25, 0.3) is 0 Å². The Morgan fingerprint density at radius 2 is 1.76 bits per heavy atom. The number of aliphatic hydroxyl groups is 1. The van der Waals surface area contributed by atoms with Crippen molar-refractivity contribution in [1.29, 1.82) is 0 Å². The van der Waals surface area contributed by atoms with Gasteiger partial charge < -0.3 is 21.1 Å². The Labute approximate surface area is 214 Å². The quantitative estimate of drug-likeness (QED) is 0.254. The van der Waals surface area contributed by atoms with Crippen molar-refractivity contribution in [1.82, 2.24) is 0 Å². The lowest BCUT2D eigenvalue weighted by Crippen LogP contribution is -2.28. The maximum Gasteiger partial charge on any atom is 0.335 e. The van der Waals surface area contributed by atoms with E-state index in [0.29, 0.717) is 29.1 Å². The number of aryl methyl sites for hydroxylation is 2. The molecular formula is C27H29N5O5. The number of carboxylic acid groups (broad SMARTS) is 1. The summed E-state index contributed by atoms with van der Waals surface area (Å²) in [4.78, 5) is 24.2. The van der Waals surface area contributed by atoms with Crippen molar-refractivity contribution in [3.63, 3.8) is 0 Å². The third-order valence-corrected chi connectivity index (χ3v) is 5.60. The summed E-state index contributed by atoms with van der Waals surface area (Å²) in [6.45, 7) is 6.12. The summed E-state index contributed by atoms with van der Waals surface area (Å²) in [5, 5.41) is 37.6. The Bertz CT molecular complexity index is 1380. The summed E-state index contributed by atoms with van der Waals surface area (Å²) < 4.78 is 0. The molecule has 0 aromatic heterocycles. The first-order valence-electron chi connectivity index (χ1n) is 11.5. The molecule has 37 heavy (non-hydrogen) atoms. The van der Waals surface area contributed by atoms with Crippen LogP contribution >= 0.6 is 0 Å². The van der Waals surface area contributed by atoms with Crippen molar-refractivity contribution >= 4 is 34.7 Å². The molecule has 0 radical (unpaired) electrons. The van der Waals surface area contributed by atoms with Gasteiger partial charge >= 0.3 is 11.9 Å². The van der Waals surface area contributed by atoms with Crippen LogP contribution < -0.4 is 16.2 Å². The van der Waals surface area contributed by atoms with Gasteiger partial charge in [-0.3, -0.25) is 10.2 Å². The second-order valence-corrected chi connectivity index (χ2v) is 8.24. The molecule has 0 unspecified atom stereocenters. The molecule has 3 aromatic carbocycles. The van der Waals surface area contributed by atoms with Crippen molar-refractivity contribution in [2.45, 2.75) is 20.8 Å². The van der Waals surface area contributed by atoms with Crippen LogP contribution in [-0.2, 0) is 4.79 Å². The molecule has 6 N–H and O–H groups in total. The van der Waals surface area contributed by atoms with Crippen LogP contribution in [0.1, 0.15) is 28.4 Å². The number of aromatic carboxylic acids is 1. The summed E-state index contributed by atoms with van der Waals surface area (Å²) in [7, 11) is 0. The van der Waals surface area contributed by atoms with E-state index in [2.05, 4.69) is 15.6 Å². The zero-order chi connectivity index (χ0) is 27.1. The number of carboxylic acids is 1. The normalized spacial score (nSPS) is 13.8. The Balaban J connectivity index is 0.000000886. The van der Waals surface area contributed by atoms with Crippen molar-refractivity contribution in [3.8, 4) is 16.9 Å². The maximum atomic E-state index is 12.9. The number of phenolic OH excluding ortho intramolecular Hbond substituents is 1. The van der Waals surface area contributed by atoms with Crippen LogP contribution in [0.5, 0.6) is 5.75 Å². The first kappa shape index (κ1) is 27.1. The number of nitrogens with one attached hydrogen (secondary N) is 1. The van der Waals surface area contributed by atoms with Crippen LogP contribution in [0.4, 0.5) is 11.4 Å². The second-order valence-electron chi connectivity index (χ2n) is 8.24. The number of aromatic hydroxyl groups is 1. The van der Waals surface area contributed by atoms with Crippen molar-refractivity contribution in [2.75, 3.05) is 23.6 Å². The van der Waals surface area contributed by atoms with Gasteiger partial charge in [-0.25, -0.2) is 4.79 Å². The molecular weight excluding hydrogens is 474 g/mol. The summed E-state index contributed by atoms with van der Waals surface area (Å²) in [6, 6.07) is 16.9. The number of aliphatic hydroxyl groups excluding tert-OH is 1. The standard InChI is InChI=1S/C25H22N4O4.C2H7NO/c1-14-10-11-19(12-15(14)2)29-24(31)22(16(3)28-29)27-26-21-9-5-8-20(23(21)30)17-6-4-7-18(13-17)25(32)33;3-1-2-4/h4-13,26,30H,1-3H3,(H,32,33);4H,1-3H2. The van der Waals surface area contributed by atoms with E-state index in [1.807, 2.05) is 32.0 Å². The molecule has 10 heteroatoms. The number of carbonyl (C=O) groups excluding carboxylic acids is 1. The number of benzene rings is 3. The van der Waals surface area contributed by atoms with Gasteiger partial charge in [-0.15, -0.1) is 0 Å². The lowest BCUT2D eigenvalue weighted by molar-refractivity contribution is -0.112. The van der Waals surface area contributed by atoms with Crippen LogP contribution in [0, 0.1) is 13.8 Å². The highest BCUT2D eigenvalue weighted by atomic mass is 16.4. The minimum atomic E-state index is -1.06. The fourth-order valence-electron chi connectivity index (χ4n) is 3.46. The molecule has 3 aromatic rings. The van der Waals surface area contributed by atoms with Crippen LogP contribution in [0.3, 0.4) is 0 Å². The SMILES string of the molecule is CC1=NN(c2ccc(C)c(C)c2)C(=O)C1=NNc1cccc(-c2cccc(C(=O)O)c2)c1O.NCCO. The van der Waals surface area contributed by atoms with Crippen LogP contribution in [0.2, 0.25) is 0 Å². The van der Waals surface area contributed by atoms with E-state index in [-0.39, 0.29) is 35.2 Å². The predicted molar refractivity (Wildman–Crippen MR) is 144 cm³/mol. The molecule has 0 aliphatic carbocycles. The van der Waals surface area contributed by atoms with Gasteiger partial charge in [0.05, 0.1) is 29.3 Å². The van der Waals surface area contributed by atoms with Crippen molar-refractivity contribution < 1.29 is 24.9 Å². The average molecular weight is 504 g/mol. The van der Waals surface area contributed by atoms with E-state index >= 15 is 0 Å². The van der Waals surface area contributed by atoms with Crippen LogP contribution in [0.15, 0.2) is 70.9 Å². The summed E-state index contributed by atoms with van der Waals surface area (Å²) in [5.74, 6) is -1.55. The Morgan fingerprint density at radius 3 is 2.41 bits per heavy atom. The van der Waals surface area contributed by atoms with Gasteiger partial charge in [-0.05, 0) is 67.8 Å². The molecule has 192 valence electrons. The molecule has 1 amide bonds. The minimum Gasteiger partial charge on any atom is -0.505 e. The molecule has 0 atom stereocenters. The molecule has 1 aliphatic rings. The number of nitrogens with two attached hydrogens (primary N) is 1. The fourth-order valence-corrected chi connectivity index (χ4v) is 3.46. The van der Waals surface area contributed by atoms with Crippen molar-refractivity contribution in [2.24, 2.45) is 15.9 Å². The topological polar surface area (TPSA) is 161 Å². The maximum absolute atomic E-state index is 12.9. The number of phenols is 1. The van der Waals surface area contributed by atoms with E-state index in [4.69, 9.17) is 10.8 Å². The van der Waals surface area contributed by atoms with Gasteiger partial charge in [0.15, 0.2) is 5.71 Å². The number of hydrazone groups is 2. The lowest BCUT2D eigenvalue weighted by atomic mass is 10.0. The van der Waals surface area contributed by atoms with E-state index in [1.54, 1.807) is 37.3 Å². The van der Waals surface area contributed by atoms with Gasteiger partial charge in [0.2, 0.25) is 0 Å². The van der Waals surface area contributed by atoms with E-state index in [0.717, 1.165) is 11.1 Å². The molecule has 10 nitrogen and oxygen atoms in total. The number of carbonyl (C=O) groups is 2. The van der Waals surface area contributed by atoms with E-state index in [1.165, 1.54) is 17.1 Å². The monoisotopic (exact) mass is 503 g/mol. The largest absolute Gasteiger partial charge is 0.505 e. The number of rotatable bonds is 6. The molecule has 4 rings (SSSR count).